The van der Waals surface area contributed by atoms with Crippen molar-refractivity contribution in [3.63, 3.8) is 0 Å². The van der Waals surface area contributed by atoms with Crippen LogP contribution < -0.4 is 4.74 Å². The van der Waals surface area contributed by atoms with Gasteiger partial charge in [0.1, 0.15) is 18.8 Å². The van der Waals surface area contributed by atoms with Gasteiger partial charge in [-0.05, 0) is 24.6 Å². The highest BCUT2D eigenvalue weighted by Gasteiger charge is 2.16. The lowest BCUT2D eigenvalue weighted by molar-refractivity contribution is -0.884. The predicted octanol–water partition coefficient (Wildman–Crippen LogP) is 7.18. The highest BCUT2D eigenvalue weighted by Crippen LogP contribution is 2.24. The molecule has 0 saturated carbocycles. The van der Waals surface area contributed by atoms with Gasteiger partial charge in [0.25, 0.3) is 0 Å². The topological polar surface area (TPSA) is 9.23 Å². The van der Waals surface area contributed by atoms with Gasteiger partial charge in [-0.3, -0.25) is 0 Å². The molecular formula is C28H54N2O+2. The van der Waals surface area contributed by atoms with Crippen LogP contribution in [0.25, 0.3) is 0 Å². The number of quaternary nitrogens is 2. The number of hydrogen-bond acceptors (Lipinski definition) is 1. The molecule has 0 N–H and O–H groups in total. The molecule has 0 aliphatic carbocycles. The second-order valence-corrected chi connectivity index (χ2v) is 11.6. The molecule has 1 aromatic carbocycles. The summed E-state index contributed by atoms with van der Waals surface area (Å²) < 4.78 is 8.11. The zero-order chi connectivity index (χ0) is 23.2. The van der Waals surface area contributed by atoms with Crippen LogP contribution in [0, 0.1) is 0 Å². The van der Waals surface area contributed by atoms with E-state index in [2.05, 4.69) is 67.4 Å². The highest BCUT2D eigenvalue weighted by molar-refractivity contribution is 5.36. The lowest BCUT2D eigenvalue weighted by Crippen LogP contribution is -2.34. The summed E-state index contributed by atoms with van der Waals surface area (Å²) in [5, 5.41) is 0. The lowest BCUT2D eigenvalue weighted by atomic mass is 10.1. The maximum atomic E-state index is 6.24. The summed E-state index contributed by atoms with van der Waals surface area (Å²) in [5.41, 5.74) is 2.74. The van der Waals surface area contributed by atoms with Gasteiger partial charge in [0.05, 0.1) is 48.9 Å². The van der Waals surface area contributed by atoms with Crippen molar-refractivity contribution < 1.29 is 13.7 Å². The number of nitrogens with zero attached hydrogens (tertiary/aromatic N) is 2. The van der Waals surface area contributed by atoms with Crippen molar-refractivity contribution in [2.45, 2.75) is 97.1 Å². The number of unbranched alkanes of at least 4 members (excludes halogenated alkanes) is 11. The van der Waals surface area contributed by atoms with Crippen LogP contribution in [0.4, 0.5) is 0 Å². The van der Waals surface area contributed by atoms with Gasteiger partial charge in [0.15, 0.2) is 0 Å². The maximum absolute atomic E-state index is 6.24. The Kier molecular flexibility index (Phi) is 13.4. The number of benzene rings is 1. The Balaban J connectivity index is 2.29. The summed E-state index contributed by atoms with van der Waals surface area (Å²) in [6.07, 6.45) is 16.6. The Labute approximate surface area is 195 Å². The molecule has 180 valence electrons. The number of ether oxygens (including phenoxy) is 1. The Morgan fingerprint density at radius 3 is 1.58 bits per heavy atom. The molecule has 3 nitrogen and oxygen atoms in total. The van der Waals surface area contributed by atoms with Crippen molar-refractivity contribution in [1.29, 1.82) is 0 Å². The van der Waals surface area contributed by atoms with E-state index in [4.69, 9.17) is 4.74 Å². The number of hydrogen-bond donors (Lipinski definition) is 0. The van der Waals surface area contributed by atoms with E-state index >= 15 is 0 Å². The minimum atomic E-state index is 0.844. The summed E-state index contributed by atoms with van der Waals surface area (Å²) in [4.78, 5) is 0. The fraction of sp³-hybridized carbons (Fsp3) is 0.786. The third kappa shape index (κ3) is 15.4. The fourth-order valence-corrected chi connectivity index (χ4v) is 4.18. The van der Waals surface area contributed by atoms with Crippen LogP contribution in [0.1, 0.15) is 95.1 Å². The fourth-order valence-electron chi connectivity index (χ4n) is 4.18. The van der Waals surface area contributed by atoms with Crippen LogP contribution in [-0.4, -0.2) is 57.9 Å². The second kappa shape index (κ2) is 14.9. The lowest BCUT2D eigenvalue weighted by Gasteiger charge is -2.27. The maximum Gasteiger partial charge on any atom is 0.128 e. The standard InChI is InChI=1S/C28H54N2O/c1-8-9-10-11-12-13-14-15-16-17-18-19-22-31-28-21-20-26(24-29(2,3)4)23-27(28)25-30(5,6)7/h20-21,23H,8-19,22,24-25H2,1-7H3/q+2. The average Bonchev–Trinajstić information content (AvgIpc) is 2.64. The summed E-state index contributed by atoms with van der Waals surface area (Å²) in [7, 11) is 13.5. The van der Waals surface area contributed by atoms with E-state index in [0.29, 0.717) is 0 Å². The molecule has 0 radical (unpaired) electrons. The summed E-state index contributed by atoms with van der Waals surface area (Å²) >= 11 is 0. The number of rotatable bonds is 18. The molecule has 1 aromatic rings. The van der Waals surface area contributed by atoms with E-state index in [1.807, 2.05) is 0 Å². The van der Waals surface area contributed by atoms with Crippen molar-refractivity contribution in [2.24, 2.45) is 0 Å². The third-order valence-corrected chi connectivity index (χ3v) is 5.68. The Hall–Kier alpha value is -1.06. The van der Waals surface area contributed by atoms with Crippen molar-refractivity contribution in [3.05, 3.63) is 29.3 Å². The van der Waals surface area contributed by atoms with E-state index in [0.717, 1.165) is 34.4 Å². The molecular weight excluding hydrogens is 380 g/mol. The van der Waals surface area contributed by atoms with Gasteiger partial charge >= 0.3 is 0 Å². The van der Waals surface area contributed by atoms with Crippen LogP contribution in [0.2, 0.25) is 0 Å². The molecule has 0 amide bonds. The molecule has 0 spiro atoms. The SMILES string of the molecule is CCCCCCCCCCCCCCOc1ccc(C[N+](C)(C)C)cc1C[N+](C)(C)C. The third-order valence-electron chi connectivity index (χ3n) is 5.68. The first-order valence-corrected chi connectivity index (χ1v) is 13.0. The molecule has 1 rings (SSSR count). The molecule has 0 fully saturated rings. The average molecular weight is 435 g/mol. The molecule has 0 unspecified atom stereocenters. The Bertz CT molecular complexity index is 584. The zero-order valence-electron chi connectivity index (χ0n) is 22.1. The van der Waals surface area contributed by atoms with Gasteiger partial charge in [0.2, 0.25) is 0 Å². The molecule has 0 aromatic heterocycles. The summed E-state index contributed by atoms with van der Waals surface area (Å²) in [6.45, 7) is 5.18. The van der Waals surface area contributed by atoms with E-state index < -0.39 is 0 Å². The van der Waals surface area contributed by atoms with Crippen molar-refractivity contribution in [2.75, 3.05) is 48.9 Å². The first-order chi connectivity index (χ1) is 14.6. The van der Waals surface area contributed by atoms with Crippen molar-refractivity contribution in [3.8, 4) is 5.75 Å². The molecule has 0 aliphatic rings. The van der Waals surface area contributed by atoms with Crippen LogP contribution >= 0.6 is 0 Å². The minimum Gasteiger partial charge on any atom is -0.493 e. The van der Waals surface area contributed by atoms with Gasteiger partial charge < -0.3 is 13.7 Å². The molecule has 0 saturated heterocycles. The first kappa shape index (κ1) is 28.0. The van der Waals surface area contributed by atoms with Crippen LogP contribution in [0.3, 0.4) is 0 Å². The van der Waals surface area contributed by atoms with Gasteiger partial charge in [-0.15, -0.1) is 0 Å². The van der Waals surface area contributed by atoms with Gasteiger partial charge in [-0.25, -0.2) is 0 Å². The van der Waals surface area contributed by atoms with E-state index in [1.54, 1.807) is 0 Å². The molecule has 0 heterocycles. The van der Waals surface area contributed by atoms with Gasteiger partial charge in [-0.1, -0.05) is 77.6 Å². The molecule has 0 aliphatic heterocycles. The highest BCUT2D eigenvalue weighted by atomic mass is 16.5. The van der Waals surface area contributed by atoms with Crippen LogP contribution in [0.15, 0.2) is 18.2 Å². The summed E-state index contributed by atoms with van der Waals surface area (Å²) in [6, 6.07) is 6.82. The van der Waals surface area contributed by atoms with Crippen molar-refractivity contribution in [1.82, 2.24) is 0 Å². The molecule has 0 bridgehead atoms. The largest absolute Gasteiger partial charge is 0.493 e. The van der Waals surface area contributed by atoms with Gasteiger partial charge in [0, 0.05) is 11.1 Å². The van der Waals surface area contributed by atoms with Crippen LogP contribution in [0.5, 0.6) is 5.75 Å². The Morgan fingerprint density at radius 2 is 1.10 bits per heavy atom. The molecule has 3 heteroatoms. The quantitative estimate of drug-likeness (QED) is 0.176. The van der Waals surface area contributed by atoms with Gasteiger partial charge in [-0.2, -0.15) is 0 Å². The summed E-state index contributed by atoms with van der Waals surface area (Å²) in [5.74, 6) is 1.08. The van der Waals surface area contributed by atoms with Crippen LogP contribution in [-0.2, 0) is 13.1 Å². The second-order valence-electron chi connectivity index (χ2n) is 11.6. The Morgan fingerprint density at radius 1 is 0.613 bits per heavy atom. The molecule has 31 heavy (non-hydrogen) atoms. The van der Waals surface area contributed by atoms with E-state index in [-0.39, 0.29) is 0 Å². The zero-order valence-corrected chi connectivity index (χ0v) is 22.1. The van der Waals surface area contributed by atoms with Crippen molar-refractivity contribution >= 4 is 0 Å². The van der Waals surface area contributed by atoms with E-state index in [9.17, 15) is 0 Å². The normalized spacial score (nSPS) is 12.4. The minimum absolute atomic E-state index is 0.844. The monoisotopic (exact) mass is 434 g/mol. The van der Waals surface area contributed by atoms with E-state index in [1.165, 1.54) is 88.2 Å². The first-order valence-electron chi connectivity index (χ1n) is 13.0. The molecule has 0 atom stereocenters. The smallest absolute Gasteiger partial charge is 0.128 e. The predicted molar refractivity (Wildman–Crippen MR) is 136 cm³/mol.